The van der Waals surface area contributed by atoms with Crippen LogP contribution in [0, 0.1) is 6.92 Å². The van der Waals surface area contributed by atoms with Gasteiger partial charge >= 0.3 is 0 Å². The second-order valence-corrected chi connectivity index (χ2v) is 6.76. The van der Waals surface area contributed by atoms with Gasteiger partial charge in [0.05, 0.1) is 12.2 Å². The van der Waals surface area contributed by atoms with E-state index in [1.165, 1.54) is 11.3 Å². The molecule has 1 aliphatic heterocycles. The number of nitrogens with one attached hydrogen (secondary N) is 1. The molecular formula is C15H23N7OS. The zero-order chi connectivity index (χ0) is 16.9. The fourth-order valence-corrected chi connectivity index (χ4v) is 3.73. The molecule has 9 heteroatoms. The van der Waals surface area contributed by atoms with E-state index in [0.29, 0.717) is 0 Å². The molecule has 3 rings (SSSR count). The molecule has 0 atom stereocenters. The van der Waals surface area contributed by atoms with Crippen LogP contribution in [0.1, 0.15) is 22.3 Å². The molecule has 0 aromatic carbocycles. The Morgan fingerprint density at radius 3 is 2.75 bits per heavy atom. The first kappa shape index (κ1) is 16.8. The minimum Gasteiger partial charge on any atom is -0.362 e. The van der Waals surface area contributed by atoms with Gasteiger partial charge in [-0.2, -0.15) is 5.10 Å². The lowest BCUT2D eigenvalue weighted by atomic mass is 10.2. The number of aryl methyl sites for hydroxylation is 1. The SMILES string of the molecule is CCNc1nc(C)c(C(=O)N2CCN(CCn3cncn3)CC2)s1. The molecule has 1 N–H and O–H groups in total. The van der Waals surface area contributed by atoms with Crippen LogP contribution in [0.25, 0.3) is 0 Å². The van der Waals surface area contributed by atoms with Crippen LogP contribution >= 0.6 is 11.3 Å². The topological polar surface area (TPSA) is 79.2 Å². The van der Waals surface area contributed by atoms with E-state index in [1.807, 2.05) is 23.4 Å². The average molecular weight is 349 g/mol. The molecule has 2 aromatic heterocycles. The molecule has 130 valence electrons. The molecule has 1 amide bonds. The van der Waals surface area contributed by atoms with Gasteiger partial charge in [0.25, 0.3) is 5.91 Å². The summed E-state index contributed by atoms with van der Waals surface area (Å²) >= 11 is 1.45. The van der Waals surface area contributed by atoms with Crippen LogP contribution in [-0.2, 0) is 6.54 Å². The number of amides is 1. The Hall–Kier alpha value is -2.00. The molecular weight excluding hydrogens is 326 g/mol. The number of nitrogens with zero attached hydrogens (tertiary/aromatic N) is 6. The van der Waals surface area contributed by atoms with Gasteiger partial charge in [0.1, 0.15) is 17.5 Å². The second-order valence-electron chi connectivity index (χ2n) is 5.76. The number of hydrogen-bond acceptors (Lipinski definition) is 7. The average Bonchev–Trinajstić information content (AvgIpc) is 3.23. The lowest BCUT2D eigenvalue weighted by Crippen LogP contribution is -2.49. The normalized spacial score (nSPS) is 15.7. The summed E-state index contributed by atoms with van der Waals surface area (Å²) in [5.74, 6) is 0.102. The number of piperazine rings is 1. The number of thiazole rings is 1. The molecule has 3 heterocycles. The van der Waals surface area contributed by atoms with Crippen molar-refractivity contribution in [3.63, 3.8) is 0 Å². The Kier molecular flexibility index (Phi) is 5.41. The van der Waals surface area contributed by atoms with E-state index in [4.69, 9.17) is 0 Å². The minimum absolute atomic E-state index is 0.102. The van der Waals surface area contributed by atoms with Gasteiger partial charge in [-0.1, -0.05) is 11.3 Å². The van der Waals surface area contributed by atoms with Crippen LogP contribution in [-0.4, -0.2) is 74.7 Å². The molecule has 8 nitrogen and oxygen atoms in total. The number of rotatable bonds is 6. The molecule has 0 unspecified atom stereocenters. The molecule has 24 heavy (non-hydrogen) atoms. The summed E-state index contributed by atoms with van der Waals surface area (Å²) in [6.45, 7) is 9.77. The molecule has 2 aromatic rings. The maximum Gasteiger partial charge on any atom is 0.266 e. The van der Waals surface area contributed by atoms with Crippen LogP contribution in [0.5, 0.6) is 0 Å². The van der Waals surface area contributed by atoms with E-state index in [9.17, 15) is 4.79 Å². The summed E-state index contributed by atoms with van der Waals surface area (Å²) in [5.41, 5.74) is 0.814. The van der Waals surface area contributed by atoms with Gasteiger partial charge in [-0.25, -0.2) is 9.97 Å². The number of hydrogen-bond donors (Lipinski definition) is 1. The minimum atomic E-state index is 0.102. The summed E-state index contributed by atoms with van der Waals surface area (Å²) in [6.07, 6.45) is 3.28. The van der Waals surface area contributed by atoms with Crippen LogP contribution in [0.15, 0.2) is 12.7 Å². The molecule has 1 aliphatic rings. The summed E-state index contributed by atoms with van der Waals surface area (Å²) in [5, 5.41) is 8.12. The third kappa shape index (κ3) is 3.90. The quantitative estimate of drug-likeness (QED) is 0.836. The third-order valence-electron chi connectivity index (χ3n) is 4.09. The van der Waals surface area contributed by atoms with Crippen molar-refractivity contribution in [1.29, 1.82) is 0 Å². The predicted octanol–water partition coefficient (Wildman–Crippen LogP) is 0.933. The largest absolute Gasteiger partial charge is 0.362 e. The van der Waals surface area contributed by atoms with Crippen molar-refractivity contribution in [2.75, 3.05) is 44.6 Å². The van der Waals surface area contributed by atoms with Crippen molar-refractivity contribution in [1.82, 2.24) is 29.5 Å². The molecule has 0 bridgehead atoms. The van der Waals surface area contributed by atoms with Crippen LogP contribution in [0.2, 0.25) is 0 Å². The number of aromatic nitrogens is 4. The van der Waals surface area contributed by atoms with Crippen molar-refractivity contribution >= 4 is 22.4 Å². The van der Waals surface area contributed by atoms with E-state index in [2.05, 4.69) is 25.3 Å². The zero-order valence-corrected chi connectivity index (χ0v) is 14.9. The maximum absolute atomic E-state index is 12.7. The number of anilines is 1. The lowest BCUT2D eigenvalue weighted by Gasteiger charge is -2.34. The van der Waals surface area contributed by atoms with Gasteiger partial charge in [-0.05, 0) is 13.8 Å². The van der Waals surface area contributed by atoms with Crippen molar-refractivity contribution in [3.05, 3.63) is 23.2 Å². The van der Waals surface area contributed by atoms with Crippen molar-refractivity contribution in [2.45, 2.75) is 20.4 Å². The summed E-state index contributed by atoms with van der Waals surface area (Å²) < 4.78 is 1.83. The second kappa shape index (κ2) is 7.71. The Morgan fingerprint density at radius 2 is 2.08 bits per heavy atom. The Morgan fingerprint density at radius 1 is 1.29 bits per heavy atom. The van der Waals surface area contributed by atoms with Gasteiger partial charge in [0, 0.05) is 39.3 Å². The number of carbonyl (C=O) groups excluding carboxylic acids is 1. The fourth-order valence-electron chi connectivity index (χ4n) is 2.73. The molecule has 1 fully saturated rings. The highest BCUT2D eigenvalue weighted by Crippen LogP contribution is 2.24. The molecule has 0 spiro atoms. The highest BCUT2D eigenvalue weighted by molar-refractivity contribution is 7.17. The van der Waals surface area contributed by atoms with E-state index >= 15 is 0 Å². The van der Waals surface area contributed by atoms with Crippen molar-refractivity contribution < 1.29 is 4.79 Å². The highest BCUT2D eigenvalue weighted by Gasteiger charge is 2.25. The van der Waals surface area contributed by atoms with Crippen molar-refractivity contribution in [3.8, 4) is 0 Å². The van der Waals surface area contributed by atoms with Crippen LogP contribution in [0.3, 0.4) is 0 Å². The Bertz CT molecular complexity index is 661. The lowest BCUT2D eigenvalue weighted by molar-refractivity contribution is 0.0636. The van der Waals surface area contributed by atoms with E-state index in [-0.39, 0.29) is 5.91 Å². The summed E-state index contributed by atoms with van der Waals surface area (Å²) in [7, 11) is 0. The first-order valence-corrected chi connectivity index (χ1v) is 9.04. The van der Waals surface area contributed by atoms with E-state index in [0.717, 1.165) is 61.5 Å². The van der Waals surface area contributed by atoms with Crippen LogP contribution < -0.4 is 5.32 Å². The fraction of sp³-hybridized carbons (Fsp3) is 0.600. The smallest absolute Gasteiger partial charge is 0.266 e. The van der Waals surface area contributed by atoms with Gasteiger partial charge in [0.15, 0.2) is 5.13 Å². The Labute approximate surface area is 145 Å². The third-order valence-corrected chi connectivity index (χ3v) is 5.19. The van der Waals surface area contributed by atoms with Gasteiger partial charge in [-0.3, -0.25) is 14.4 Å². The van der Waals surface area contributed by atoms with E-state index < -0.39 is 0 Å². The molecule has 1 saturated heterocycles. The summed E-state index contributed by atoms with van der Waals surface area (Å²) in [6, 6.07) is 0. The van der Waals surface area contributed by atoms with Gasteiger partial charge in [0.2, 0.25) is 0 Å². The van der Waals surface area contributed by atoms with E-state index in [1.54, 1.807) is 12.7 Å². The highest BCUT2D eigenvalue weighted by atomic mass is 32.1. The van der Waals surface area contributed by atoms with Gasteiger partial charge < -0.3 is 10.2 Å². The number of carbonyl (C=O) groups is 1. The van der Waals surface area contributed by atoms with Crippen molar-refractivity contribution in [2.24, 2.45) is 0 Å². The molecule has 0 aliphatic carbocycles. The van der Waals surface area contributed by atoms with Crippen LogP contribution in [0.4, 0.5) is 5.13 Å². The molecule has 0 saturated carbocycles. The standard InChI is InChI=1S/C15H23N7OS/c1-3-17-15-19-12(2)13(24-15)14(23)21-7-4-20(5-8-21)6-9-22-11-16-10-18-22/h10-11H,3-9H2,1-2H3,(H,17,19). The predicted molar refractivity (Wildman–Crippen MR) is 93.4 cm³/mol. The Balaban J connectivity index is 1.51. The first-order chi connectivity index (χ1) is 11.7. The summed E-state index contributed by atoms with van der Waals surface area (Å²) in [4.78, 5) is 26.1. The maximum atomic E-state index is 12.7. The van der Waals surface area contributed by atoms with Gasteiger partial charge in [-0.15, -0.1) is 0 Å². The monoisotopic (exact) mass is 349 g/mol. The molecule has 0 radical (unpaired) electrons. The zero-order valence-electron chi connectivity index (χ0n) is 14.1. The first-order valence-electron chi connectivity index (χ1n) is 8.22.